The second kappa shape index (κ2) is 3.70. The Kier molecular flexibility index (Phi) is 2.03. The molecule has 18 heavy (non-hydrogen) atoms. The number of nitrogens with zero attached hydrogens (tertiary/aromatic N) is 2. The van der Waals surface area contributed by atoms with Crippen LogP contribution in [0.25, 0.3) is 0 Å². The third kappa shape index (κ3) is 1.38. The third-order valence-corrected chi connectivity index (χ3v) is 3.75. The minimum absolute atomic E-state index is 0.333. The van der Waals surface area contributed by atoms with Gasteiger partial charge in [0.05, 0.1) is 18.7 Å². The van der Waals surface area contributed by atoms with Gasteiger partial charge in [-0.15, -0.1) is 0 Å². The highest BCUT2D eigenvalue weighted by Crippen LogP contribution is 2.38. The smallest absolute Gasteiger partial charge is 0.293 e. The second-order valence-corrected chi connectivity index (χ2v) is 4.84. The molecule has 0 spiro atoms. The van der Waals surface area contributed by atoms with Crippen LogP contribution in [-0.4, -0.2) is 11.6 Å². The third-order valence-electron chi connectivity index (χ3n) is 3.75. The lowest BCUT2D eigenvalue weighted by Gasteiger charge is -2.34. The van der Waals surface area contributed by atoms with Crippen LogP contribution in [0.4, 0.5) is 5.82 Å². The maximum atomic E-state index is 5.84. The number of anilines is 1. The Morgan fingerprint density at radius 1 is 1.33 bits per heavy atom. The molecule has 1 N–H and O–H groups in total. The van der Waals surface area contributed by atoms with E-state index < -0.39 is 0 Å². The van der Waals surface area contributed by atoms with Crippen molar-refractivity contribution in [3.8, 4) is 5.75 Å². The monoisotopic (exact) mass is 240 g/mol. The fourth-order valence-electron chi connectivity index (χ4n) is 2.85. The van der Waals surface area contributed by atoms with Gasteiger partial charge in [0.25, 0.3) is 5.82 Å². The number of aromatic nitrogens is 2. The number of benzene rings is 1. The van der Waals surface area contributed by atoms with E-state index in [1.165, 1.54) is 5.56 Å². The number of fused-ring (bicyclic) bond motifs is 4. The maximum Gasteiger partial charge on any atom is 0.293 e. The lowest BCUT2D eigenvalue weighted by Crippen LogP contribution is -2.51. The number of hydrogen-bond donors (Lipinski definition) is 1. The molecule has 0 fully saturated rings. The number of ether oxygens (including phenoxy) is 1. The van der Waals surface area contributed by atoms with Gasteiger partial charge in [-0.25, -0.2) is 4.57 Å². The van der Waals surface area contributed by atoms with Crippen LogP contribution in [0.2, 0.25) is 0 Å². The molecule has 0 aliphatic carbocycles. The second-order valence-electron chi connectivity index (χ2n) is 4.84. The Balaban J connectivity index is 1.79. The van der Waals surface area contributed by atoms with E-state index in [2.05, 4.69) is 27.0 Å². The summed E-state index contributed by atoms with van der Waals surface area (Å²) in [7, 11) is 0. The number of rotatable bonds is 0. The lowest BCUT2D eigenvalue weighted by atomic mass is 9.89. The van der Waals surface area contributed by atoms with Crippen LogP contribution >= 0.6 is 0 Å². The van der Waals surface area contributed by atoms with Crippen molar-refractivity contribution in [2.24, 2.45) is 5.92 Å². The Hall–Kier alpha value is -2.10. The van der Waals surface area contributed by atoms with E-state index in [0.29, 0.717) is 12.0 Å². The molecule has 4 nitrogen and oxygen atoms in total. The zero-order valence-corrected chi connectivity index (χ0v) is 9.91. The summed E-state index contributed by atoms with van der Waals surface area (Å²) in [6, 6.07) is 8.61. The first-order valence-electron chi connectivity index (χ1n) is 6.23. The summed E-state index contributed by atoms with van der Waals surface area (Å²) in [4.78, 5) is 4.18. The molecular weight excluding hydrogens is 226 g/mol. The van der Waals surface area contributed by atoms with Crippen LogP contribution in [0.15, 0.2) is 42.9 Å². The summed E-state index contributed by atoms with van der Waals surface area (Å²) >= 11 is 0. The van der Waals surface area contributed by atoms with E-state index in [-0.39, 0.29) is 0 Å². The van der Waals surface area contributed by atoms with Crippen molar-refractivity contribution < 1.29 is 9.30 Å². The van der Waals surface area contributed by atoms with Crippen LogP contribution in [0.5, 0.6) is 5.75 Å². The van der Waals surface area contributed by atoms with Crippen LogP contribution in [0, 0.1) is 5.92 Å². The van der Waals surface area contributed by atoms with E-state index in [4.69, 9.17) is 4.74 Å². The standard InChI is InChI=1S/C14H13N3O/c1-2-4-12-11(3-1)14-10(9-18-12)8-17-6-5-15-7-13(17)16-14/h1-7,10,14H,8-9H2/p+1. The van der Waals surface area contributed by atoms with Crippen LogP contribution in [-0.2, 0) is 6.54 Å². The molecule has 0 bridgehead atoms. The van der Waals surface area contributed by atoms with Gasteiger partial charge in [-0.1, -0.05) is 18.2 Å². The van der Waals surface area contributed by atoms with Crippen LogP contribution < -0.4 is 14.6 Å². The Morgan fingerprint density at radius 2 is 2.28 bits per heavy atom. The molecule has 0 amide bonds. The van der Waals surface area contributed by atoms with Gasteiger partial charge in [-0.3, -0.25) is 10.3 Å². The van der Waals surface area contributed by atoms with Gasteiger partial charge in [-0.2, -0.15) is 0 Å². The van der Waals surface area contributed by atoms with Gasteiger partial charge in [-0.05, 0) is 6.07 Å². The molecule has 1 aromatic carbocycles. The molecule has 4 rings (SSSR count). The number of hydrogen-bond acceptors (Lipinski definition) is 3. The Labute approximate surface area is 105 Å². The van der Waals surface area contributed by atoms with Gasteiger partial charge < -0.3 is 4.74 Å². The molecule has 3 heterocycles. The van der Waals surface area contributed by atoms with Crippen molar-refractivity contribution in [2.75, 3.05) is 11.9 Å². The molecule has 90 valence electrons. The molecule has 1 aromatic heterocycles. The van der Waals surface area contributed by atoms with E-state index in [1.807, 2.05) is 30.7 Å². The highest BCUT2D eigenvalue weighted by atomic mass is 16.5. The van der Waals surface area contributed by atoms with Crippen molar-refractivity contribution >= 4 is 5.82 Å². The van der Waals surface area contributed by atoms with E-state index in [1.54, 1.807) is 0 Å². The molecule has 2 unspecified atom stereocenters. The molecule has 4 heteroatoms. The summed E-state index contributed by atoms with van der Waals surface area (Å²) in [5.41, 5.74) is 1.25. The van der Waals surface area contributed by atoms with Gasteiger partial charge in [0, 0.05) is 5.56 Å². The van der Waals surface area contributed by atoms with Crippen molar-refractivity contribution in [2.45, 2.75) is 12.6 Å². The highest BCUT2D eigenvalue weighted by molar-refractivity contribution is 5.43. The fourth-order valence-corrected chi connectivity index (χ4v) is 2.85. The SMILES string of the molecule is c1ccc2c(c1)OCC1C[n+]3ccncc3NC21. The van der Waals surface area contributed by atoms with Crippen LogP contribution in [0.1, 0.15) is 11.6 Å². The number of nitrogens with one attached hydrogen (secondary N) is 1. The van der Waals surface area contributed by atoms with E-state index in [0.717, 1.165) is 24.7 Å². The predicted molar refractivity (Wildman–Crippen MR) is 66.2 cm³/mol. The first-order chi connectivity index (χ1) is 8.92. The summed E-state index contributed by atoms with van der Waals surface area (Å²) in [5.74, 6) is 2.55. The molecule has 0 saturated heterocycles. The van der Waals surface area contributed by atoms with Crippen LogP contribution in [0.3, 0.4) is 0 Å². The van der Waals surface area contributed by atoms with Crippen molar-refractivity contribution in [1.82, 2.24) is 4.98 Å². The molecule has 0 saturated carbocycles. The van der Waals surface area contributed by atoms with Crippen molar-refractivity contribution in [3.05, 3.63) is 48.4 Å². The average Bonchev–Trinajstić information content (AvgIpc) is 2.45. The Morgan fingerprint density at radius 3 is 3.28 bits per heavy atom. The minimum Gasteiger partial charge on any atom is -0.493 e. The normalized spacial score (nSPS) is 24.0. The Bertz CT molecular complexity index is 599. The van der Waals surface area contributed by atoms with E-state index >= 15 is 0 Å². The van der Waals surface area contributed by atoms with Crippen molar-refractivity contribution in [3.63, 3.8) is 0 Å². The summed E-state index contributed by atoms with van der Waals surface area (Å²) in [6.45, 7) is 1.74. The molecule has 2 aliphatic rings. The van der Waals surface area contributed by atoms with Crippen molar-refractivity contribution in [1.29, 1.82) is 0 Å². The zero-order valence-electron chi connectivity index (χ0n) is 9.91. The lowest BCUT2D eigenvalue weighted by molar-refractivity contribution is -0.695. The summed E-state index contributed by atoms with van der Waals surface area (Å²) < 4.78 is 8.04. The van der Waals surface area contributed by atoms with E-state index in [9.17, 15) is 0 Å². The topological polar surface area (TPSA) is 38.0 Å². The average molecular weight is 240 g/mol. The molecule has 2 atom stereocenters. The van der Waals surface area contributed by atoms with Gasteiger partial charge in [0.1, 0.15) is 30.7 Å². The predicted octanol–water partition coefficient (Wildman–Crippen LogP) is 1.54. The van der Waals surface area contributed by atoms with Gasteiger partial charge >= 0.3 is 0 Å². The number of para-hydroxylation sites is 1. The minimum atomic E-state index is 0.333. The molecular formula is C14H14N3O+. The first-order valence-corrected chi connectivity index (χ1v) is 6.23. The summed E-state index contributed by atoms with van der Waals surface area (Å²) in [5, 5.41) is 3.58. The summed E-state index contributed by atoms with van der Waals surface area (Å²) in [6.07, 6.45) is 5.72. The highest BCUT2D eigenvalue weighted by Gasteiger charge is 2.39. The zero-order chi connectivity index (χ0) is 11.9. The quantitative estimate of drug-likeness (QED) is 0.710. The molecule has 0 radical (unpaired) electrons. The van der Waals surface area contributed by atoms with Gasteiger partial charge in [0.15, 0.2) is 0 Å². The fraction of sp³-hybridized carbons (Fsp3) is 0.286. The molecule has 2 aromatic rings. The largest absolute Gasteiger partial charge is 0.493 e. The molecule has 2 aliphatic heterocycles. The maximum absolute atomic E-state index is 5.84. The first kappa shape index (κ1) is 9.88. The van der Waals surface area contributed by atoms with Gasteiger partial charge in [0.2, 0.25) is 0 Å².